The Hall–Kier alpha value is 1.18. The van der Waals surface area contributed by atoms with Crippen molar-refractivity contribution in [1.82, 2.24) is 0 Å². The van der Waals surface area contributed by atoms with Crippen molar-refractivity contribution in [1.29, 1.82) is 0 Å². The van der Waals surface area contributed by atoms with Crippen LogP contribution >= 0.6 is 0 Å². The van der Waals surface area contributed by atoms with Gasteiger partial charge >= 0.3 is 37.7 Å². The molecule has 0 aromatic heterocycles. The summed E-state index contributed by atoms with van der Waals surface area (Å²) in [5.41, 5.74) is 0. The van der Waals surface area contributed by atoms with Crippen molar-refractivity contribution >= 4 is 37.7 Å². The van der Waals surface area contributed by atoms with Crippen molar-refractivity contribution in [3.8, 4) is 0 Å². The molecule has 0 bridgehead atoms. The maximum absolute atomic E-state index is 8.21. The zero-order valence-corrected chi connectivity index (χ0v) is 4.14. The van der Waals surface area contributed by atoms with E-state index in [9.17, 15) is 0 Å². The normalized spacial score (nSPS) is 12.4. The Morgan fingerprint density at radius 1 is 1.71 bits per heavy atom. The van der Waals surface area contributed by atoms with Crippen molar-refractivity contribution in [2.75, 3.05) is 13.7 Å². The predicted octanol–water partition coefficient (Wildman–Crippen LogP) is -0.903. The van der Waals surface area contributed by atoms with Crippen LogP contribution in [0.4, 0.5) is 0 Å². The molecule has 3 heteroatoms. The van der Waals surface area contributed by atoms with Crippen LogP contribution in [-0.2, 0) is 4.74 Å². The van der Waals surface area contributed by atoms with Crippen molar-refractivity contribution in [2.45, 2.75) is 13.0 Å². The molecule has 0 aromatic rings. The molecule has 2 nitrogen and oxygen atoms in total. The van der Waals surface area contributed by atoms with E-state index in [1.807, 2.05) is 0 Å². The van der Waals surface area contributed by atoms with Gasteiger partial charge in [-0.3, -0.25) is 0 Å². The van der Waals surface area contributed by atoms with Crippen LogP contribution in [0.2, 0.25) is 0 Å². The fraction of sp³-hybridized carbons (Fsp3) is 1.00. The summed E-state index contributed by atoms with van der Waals surface area (Å²) >= 11 is 0. The first kappa shape index (κ1) is 11.0. The average Bonchev–Trinajstić information content (AvgIpc) is 1.65. The van der Waals surface area contributed by atoms with Crippen LogP contribution in [0.1, 0.15) is 6.92 Å². The van der Waals surface area contributed by atoms with E-state index in [0.717, 1.165) is 0 Å². The summed E-state index contributed by atoms with van der Waals surface area (Å²) in [6, 6.07) is 0. The summed E-state index contributed by atoms with van der Waals surface area (Å²) in [4.78, 5) is 0. The Bertz CT molecular complexity index is 28.9. The molecule has 0 radical (unpaired) electrons. The van der Waals surface area contributed by atoms with E-state index in [4.69, 9.17) is 5.11 Å². The van der Waals surface area contributed by atoms with Crippen LogP contribution in [0.3, 0.4) is 0 Å². The number of methoxy groups -OCH3 is 1. The van der Waals surface area contributed by atoms with Crippen molar-refractivity contribution in [2.24, 2.45) is 0 Å². The van der Waals surface area contributed by atoms with E-state index < -0.39 is 0 Å². The number of ether oxygens (including phenoxy) is 1. The van der Waals surface area contributed by atoms with E-state index in [2.05, 4.69) is 4.74 Å². The second-order valence-electron chi connectivity index (χ2n) is 1.23. The van der Waals surface area contributed by atoms with Crippen LogP contribution in [-0.4, -0.2) is 62.7 Å². The molecule has 1 unspecified atom stereocenters. The van der Waals surface area contributed by atoms with Crippen molar-refractivity contribution < 1.29 is 9.84 Å². The second kappa shape index (κ2) is 7.18. The van der Waals surface area contributed by atoms with Gasteiger partial charge in [-0.2, -0.15) is 0 Å². The van der Waals surface area contributed by atoms with Gasteiger partial charge in [-0.15, -0.1) is 0 Å². The number of aliphatic hydroxyl groups excluding tert-OH is 1. The number of rotatable bonds is 2. The van der Waals surface area contributed by atoms with Crippen LogP contribution in [0, 0.1) is 0 Å². The molecule has 0 aromatic carbocycles. The molecule has 0 heterocycles. The van der Waals surface area contributed by atoms with Gasteiger partial charge in [-0.25, -0.2) is 0 Å². The monoisotopic (exact) mass is 132 g/mol. The molecule has 0 aliphatic rings. The molecule has 0 amide bonds. The summed E-state index contributed by atoms with van der Waals surface area (Å²) < 4.78 is 4.65. The summed E-state index contributed by atoms with van der Waals surface area (Å²) in [5.74, 6) is 0. The fourth-order valence-corrected chi connectivity index (χ4v) is 0.0745. The van der Waals surface area contributed by atoms with Gasteiger partial charge in [0.15, 0.2) is 0 Å². The van der Waals surface area contributed by atoms with Gasteiger partial charge in [0, 0.05) is 7.11 Å². The molecule has 1 N–H and O–H groups in total. The minimum absolute atomic E-state index is 0. The maximum atomic E-state index is 8.21. The molecule has 1 atom stereocenters. The Kier molecular flexibility index (Phi) is 11.3. The van der Waals surface area contributed by atoms with Crippen LogP contribution in [0.15, 0.2) is 0 Å². The zero-order valence-electron chi connectivity index (χ0n) is 4.14. The van der Waals surface area contributed by atoms with Gasteiger partial charge in [-0.1, -0.05) is 0 Å². The van der Waals surface area contributed by atoms with Crippen LogP contribution in [0.5, 0.6) is 0 Å². The number of hydrogen-bond donors (Lipinski definition) is 1. The van der Waals surface area contributed by atoms with E-state index in [1.54, 1.807) is 14.0 Å². The Labute approximate surface area is 73.9 Å². The van der Waals surface area contributed by atoms with Crippen molar-refractivity contribution in [3.05, 3.63) is 0 Å². The standard InChI is InChI=1S/C4H10O2.Ca.2H/c1-4(3-5)6-2;;;/h4-5H,3H2,1-2H3;;;. The second-order valence-corrected chi connectivity index (χ2v) is 1.23. The predicted molar refractivity (Wildman–Crippen MR) is 32.1 cm³/mol. The Morgan fingerprint density at radius 2 is 2.14 bits per heavy atom. The van der Waals surface area contributed by atoms with Crippen molar-refractivity contribution in [3.63, 3.8) is 0 Å². The molecule has 0 saturated heterocycles. The molecule has 0 saturated carbocycles. The molecule has 0 aliphatic carbocycles. The Morgan fingerprint density at radius 3 is 2.14 bits per heavy atom. The van der Waals surface area contributed by atoms with E-state index >= 15 is 0 Å². The molecule has 0 rings (SSSR count). The van der Waals surface area contributed by atoms with Gasteiger partial charge in [0.1, 0.15) is 0 Å². The fourth-order valence-electron chi connectivity index (χ4n) is 0.0745. The first-order valence-corrected chi connectivity index (χ1v) is 1.95. The molecular weight excluding hydrogens is 120 g/mol. The summed E-state index contributed by atoms with van der Waals surface area (Å²) in [7, 11) is 1.57. The van der Waals surface area contributed by atoms with Gasteiger partial charge in [-0.05, 0) is 6.92 Å². The summed E-state index contributed by atoms with van der Waals surface area (Å²) in [5, 5.41) is 8.21. The molecule has 0 aliphatic heterocycles. The molecule has 7 heavy (non-hydrogen) atoms. The third-order valence-corrected chi connectivity index (χ3v) is 0.659. The van der Waals surface area contributed by atoms with Gasteiger partial charge in [0.05, 0.1) is 12.7 Å². The SMILES string of the molecule is COC(C)CO.[CaH2]. The molecule has 42 valence electrons. The third kappa shape index (κ3) is 7.18. The Balaban J connectivity index is 0. The topological polar surface area (TPSA) is 29.5 Å². The molecule has 0 fully saturated rings. The minimum atomic E-state index is -0.00926. The summed E-state index contributed by atoms with van der Waals surface area (Å²) in [6.45, 7) is 1.91. The first-order valence-electron chi connectivity index (χ1n) is 1.95. The number of aliphatic hydroxyl groups is 1. The van der Waals surface area contributed by atoms with E-state index in [-0.39, 0.29) is 50.4 Å². The van der Waals surface area contributed by atoms with Crippen LogP contribution < -0.4 is 0 Å². The molecule has 0 spiro atoms. The van der Waals surface area contributed by atoms with Gasteiger partial charge < -0.3 is 9.84 Å². The van der Waals surface area contributed by atoms with Gasteiger partial charge in [0.2, 0.25) is 0 Å². The zero-order chi connectivity index (χ0) is 4.99. The molecular formula is C4H12CaO2. The average molecular weight is 132 g/mol. The number of hydrogen-bond acceptors (Lipinski definition) is 2. The first-order chi connectivity index (χ1) is 2.81. The van der Waals surface area contributed by atoms with Gasteiger partial charge in [0.25, 0.3) is 0 Å². The van der Waals surface area contributed by atoms with E-state index in [0.29, 0.717) is 0 Å². The van der Waals surface area contributed by atoms with E-state index in [1.165, 1.54) is 0 Å². The quantitative estimate of drug-likeness (QED) is 0.493. The summed E-state index contributed by atoms with van der Waals surface area (Å²) in [6.07, 6.45) is -0.00926. The van der Waals surface area contributed by atoms with Crippen LogP contribution in [0.25, 0.3) is 0 Å². The third-order valence-electron chi connectivity index (χ3n) is 0.659.